The van der Waals surface area contributed by atoms with Crippen molar-refractivity contribution < 1.29 is 9.59 Å². The van der Waals surface area contributed by atoms with Crippen molar-refractivity contribution in [3.05, 3.63) is 52.6 Å². The highest BCUT2D eigenvalue weighted by molar-refractivity contribution is 7.19. The molecule has 0 radical (unpaired) electrons. The van der Waals surface area contributed by atoms with Gasteiger partial charge in [0.15, 0.2) is 0 Å². The monoisotopic (exact) mass is 559 g/mol. The number of imide groups is 1. The summed E-state index contributed by atoms with van der Waals surface area (Å²) in [6, 6.07) is 12.6. The van der Waals surface area contributed by atoms with Crippen LogP contribution in [0.2, 0.25) is 5.02 Å². The molecule has 6 rings (SSSR count). The number of amides is 2. The molecule has 7 nitrogen and oxygen atoms in total. The molecule has 1 N–H and O–H groups in total. The van der Waals surface area contributed by atoms with Gasteiger partial charge in [-0.25, -0.2) is 0 Å². The van der Waals surface area contributed by atoms with E-state index in [1.165, 1.54) is 4.90 Å². The van der Waals surface area contributed by atoms with Crippen molar-refractivity contribution in [3.8, 4) is 17.2 Å². The van der Waals surface area contributed by atoms with Crippen LogP contribution in [-0.4, -0.2) is 39.4 Å². The van der Waals surface area contributed by atoms with Gasteiger partial charge in [-0.3, -0.25) is 19.5 Å². The van der Waals surface area contributed by atoms with Crippen LogP contribution < -0.4 is 5.32 Å². The Morgan fingerprint density at radius 2 is 1.85 bits per heavy atom. The standard InChI is InChI=1S/C30H30ClN5O2S/c1-29(2)14-25(37)36(26(38)15-29)16-21-13-24-28(39-21)22(3-7-34-24)23-12-20(31)11-19-4-10-35(27(19)23)18-30(17-32)5-8-33-9-6-30/h3-4,7,10-13,33H,5-6,8-9,14-16,18H2,1-2H3. The fourth-order valence-corrected chi connectivity index (χ4v) is 7.36. The Hall–Kier alpha value is -3.25. The number of fused-ring (bicyclic) bond motifs is 2. The summed E-state index contributed by atoms with van der Waals surface area (Å²) < 4.78 is 3.18. The molecule has 2 saturated heterocycles. The Labute approximate surface area is 236 Å². The van der Waals surface area contributed by atoms with Crippen LogP contribution in [0.15, 0.2) is 42.7 Å². The molecule has 1 aromatic carbocycles. The number of nitriles is 1. The Balaban J connectivity index is 1.41. The van der Waals surface area contributed by atoms with Crippen LogP contribution in [0.4, 0.5) is 0 Å². The lowest BCUT2D eigenvalue weighted by Crippen LogP contribution is -2.45. The third-order valence-electron chi connectivity index (χ3n) is 8.03. The summed E-state index contributed by atoms with van der Waals surface area (Å²) in [6.07, 6.45) is 6.20. The minimum Gasteiger partial charge on any atom is -0.345 e. The van der Waals surface area contributed by atoms with E-state index < -0.39 is 5.41 Å². The number of thiophene rings is 1. The number of pyridine rings is 1. The first-order chi connectivity index (χ1) is 18.7. The number of rotatable bonds is 5. The third-order valence-corrected chi connectivity index (χ3v) is 9.39. The number of carbonyl (C=O) groups is 2. The zero-order valence-electron chi connectivity index (χ0n) is 22.1. The highest BCUT2D eigenvalue weighted by atomic mass is 35.5. The van der Waals surface area contributed by atoms with Crippen molar-refractivity contribution in [3.63, 3.8) is 0 Å². The van der Waals surface area contributed by atoms with Gasteiger partial charge in [0.05, 0.1) is 33.8 Å². The summed E-state index contributed by atoms with van der Waals surface area (Å²) in [7, 11) is 0. The first kappa shape index (κ1) is 26.0. The highest BCUT2D eigenvalue weighted by Gasteiger charge is 2.37. The molecule has 0 saturated carbocycles. The average molecular weight is 560 g/mol. The number of piperidine rings is 2. The fraction of sp³-hybridized carbons (Fsp3) is 0.400. The van der Waals surface area contributed by atoms with Gasteiger partial charge in [-0.15, -0.1) is 11.3 Å². The molecule has 0 atom stereocenters. The quantitative estimate of drug-likeness (QED) is 0.297. The van der Waals surface area contributed by atoms with E-state index in [9.17, 15) is 14.9 Å². The lowest BCUT2D eigenvalue weighted by Gasteiger charge is -2.34. The minimum atomic E-state index is -0.417. The molecule has 3 aromatic heterocycles. The Bertz CT molecular complexity index is 1640. The lowest BCUT2D eigenvalue weighted by atomic mass is 9.80. The number of hydrogen-bond donors (Lipinski definition) is 1. The van der Waals surface area contributed by atoms with Gasteiger partial charge in [0, 0.05) is 58.2 Å². The molecular formula is C30H30ClN5O2S. The van der Waals surface area contributed by atoms with Crippen LogP contribution in [0.3, 0.4) is 0 Å². The molecular weight excluding hydrogens is 530 g/mol. The van der Waals surface area contributed by atoms with Gasteiger partial charge < -0.3 is 9.88 Å². The van der Waals surface area contributed by atoms with Crippen molar-refractivity contribution in [2.45, 2.75) is 52.6 Å². The summed E-state index contributed by atoms with van der Waals surface area (Å²) in [6.45, 7) is 6.47. The first-order valence-corrected chi connectivity index (χ1v) is 14.5. The second-order valence-electron chi connectivity index (χ2n) is 11.7. The van der Waals surface area contributed by atoms with Gasteiger partial charge in [0.1, 0.15) is 0 Å². The maximum atomic E-state index is 12.8. The molecule has 0 aliphatic carbocycles. The van der Waals surface area contributed by atoms with E-state index in [0.717, 1.165) is 63.1 Å². The smallest absolute Gasteiger partial charge is 0.230 e. The van der Waals surface area contributed by atoms with Crippen molar-refractivity contribution in [1.29, 1.82) is 5.26 Å². The molecule has 2 amide bonds. The minimum absolute atomic E-state index is 0.124. The van der Waals surface area contributed by atoms with E-state index in [-0.39, 0.29) is 23.8 Å². The van der Waals surface area contributed by atoms with Crippen LogP contribution in [0, 0.1) is 22.2 Å². The number of nitrogens with zero attached hydrogens (tertiary/aromatic N) is 4. The summed E-state index contributed by atoms with van der Waals surface area (Å²) >= 11 is 8.16. The number of carbonyl (C=O) groups excluding carboxylic acids is 2. The van der Waals surface area contributed by atoms with Crippen LogP contribution in [0.25, 0.3) is 32.2 Å². The van der Waals surface area contributed by atoms with E-state index in [2.05, 4.69) is 33.2 Å². The number of benzene rings is 1. The largest absolute Gasteiger partial charge is 0.345 e. The van der Waals surface area contributed by atoms with Crippen LogP contribution >= 0.6 is 22.9 Å². The van der Waals surface area contributed by atoms with Crippen LogP contribution in [0.5, 0.6) is 0 Å². The molecule has 200 valence electrons. The SMILES string of the molecule is CC1(C)CC(=O)N(Cc2cc3nccc(-c4cc(Cl)cc5ccn(CC6(C#N)CCNCC6)c45)c3s2)C(=O)C1. The molecule has 4 aromatic rings. The average Bonchev–Trinajstić information content (AvgIpc) is 3.49. The van der Waals surface area contributed by atoms with Gasteiger partial charge in [-0.05, 0) is 61.7 Å². The molecule has 39 heavy (non-hydrogen) atoms. The van der Waals surface area contributed by atoms with Gasteiger partial charge in [-0.1, -0.05) is 25.4 Å². The van der Waals surface area contributed by atoms with E-state index >= 15 is 0 Å². The Kier molecular flexibility index (Phi) is 6.49. The van der Waals surface area contributed by atoms with Crippen LogP contribution in [-0.2, 0) is 22.7 Å². The summed E-state index contributed by atoms with van der Waals surface area (Å²) in [5.41, 5.74) is 3.13. The zero-order chi connectivity index (χ0) is 27.4. The molecule has 2 aliphatic rings. The molecule has 2 fully saturated rings. The molecule has 5 heterocycles. The maximum absolute atomic E-state index is 12.8. The van der Waals surface area contributed by atoms with E-state index in [4.69, 9.17) is 11.6 Å². The predicted molar refractivity (Wildman–Crippen MR) is 154 cm³/mol. The fourth-order valence-electron chi connectivity index (χ4n) is 6.01. The predicted octanol–water partition coefficient (Wildman–Crippen LogP) is 6.14. The second-order valence-corrected chi connectivity index (χ2v) is 13.2. The third kappa shape index (κ3) is 4.84. The van der Waals surface area contributed by atoms with Crippen molar-refractivity contribution in [1.82, 2.24) is 19.8 Å². The Morgan fingerprint density at radius 3 is 2.56 bits per heavy atom. The van der Waals surface area contributed by atoms with Gasteiger partial charge >= 0.3 is 0 Å². The van der Waals surface area contributed by atoms with Gasteiger partial charge in [0.25, 0.3) is 0 Å². The van der Waals surface area contributed by atoms with E-state index in [1.54, 1.807) is 17.5 Å². The molecule has 0 unspecified atom stereocenters. The number of hydrogen-bond acceptors (Lipinski definition) is 6. The summed E-state index contributed by atoms with van der Waals surface area (Å²) in [5, 5.41) is 15.1. The molecule has 2 aliphatic heterocycles. The zero-order valence-corrected chi connectivity index (χ0v) is 23.7. The first-order valence-electron chi connectivity index (χ1n) is 13.3. The van der Waals surface area contributed by atoms with Crippen LogP contribution in [0.1, 0.15) is 44.4 Å². The van der Waals surface area contributed by atoms with Gasteiger partial charge in [0.2, 0.25) is 11.8 Å². The number of aromatic nitrogens is 2. The number of likely N-dealkylation sites (tertiary alicyclic amines) is 1. The molecule has 0 bridgehead atoms. The topological polar surface area (TPSA) is 91.0 Å². The van der Waals surface area contributed by atoms with E-state index in [0.29, 0.717) is 24.4 Å². The van der Waals surface area contributed by atoms with E-state index in [1.807, 2.05) is 38.1 Å². The number of halogens is 1. The lowest BCUT2D eigenvalue weighted by molar-refractivity contribution is -0.153. The number of nitrogens with one attached hydrogen (secondary N) is 1. The normalized spacial score (nSPS) is 19.1. The maximum Gasteiger partial charge on any atom is 0.230 e. The van der Waals surface area contributed by atoms with Crippen molar-refractivity contribution in [2.24, 2.45) is 10.8 Å². The molecule has 9 heteroatoms. The summed E-state index contributed by atoms with van der Waals surface area (Å²) in [4.78, 5) is 32.5. The summed E-state index contributed by atoms with van der Waals surface area (Å²) in [5.74, 6) is -0.249. The second kappa shape index (κ2) is 9.74. The highest BCUT2D eigenvalue weighted by Crippen LogP contribution is 2.41. The van der Waals surface area contributed by atoms with Crippen molar-refractivity contribution >= 4 is 55.9 Å². The van der Waals surface area contributed by atoms with Crippen molar-refractivity contribution in [2.75, 3.05) is 13.1 Å². The van der Waals surface area contributed by atoms with Gasteiger partial charge in [-0.2, -0.15) is 5.26 Å². The Morgan fingerprint density at radius 1 is 1.10 bits per heavy atom. The molecule has 0 spiro atoms.